The lowest BCUT2D eigenvalue weighted by Crippen LogP contribution is -2.43. The van der Waals surface area contributed by atoms with Gasteiger partial charge in [0.2, 0.25) is 11.8 Å². The van der Waals surface area contributed by atoms with Gasteiger partial charge in [-0.1, -0.05) is 45.0 Å². The van der Waals surface area contributed by atoms with Crippen molar-refractivity contribution in [2.75, 3.05) is 13.6 Å². The van der Waals surface area contributed by atoms with E-state index in [0.29, 0.717) is 0 Å². The summed E-state index contributed by atoms with van der Waals surface area (Å²) in [5, 5.41) is 4.69. The van der Waals surface area contributed by atoms with Gasteiger partial charge in [-0.2, -0.15) is 5.10 Å². The lowest BCUT2D eigenvalue weighted by molar-refractivity contribution is -0.138. The number of carbonyl (C=O) groups excluding carboxylic acids is 3. The Kier molecular flexibility index (Phi) is 7.66. The lowest BCUT2D eigenvalue weighted by Gasteiger charge is -2.39. The van der Waals surface area contributed by atoms with Gasteiger partial charge in [0.05, 0.1) is 17.7 Å². The third kappa shape index (κ3) is 5.78. The van der Waals surface area contributed by atoms with Crippen molar-refractivity contribution in [3.05, 3.63) is 64.6 Å². The quantitative estimate of drug-likeness (QED) is 0.389. The number of aromatic nitrogens is 3. The number of fused-ring (bicyclic) bond motifs is 3. The maximum Gasteiger partial charge on any atom is 0.417 e. The van der Waals surface area contributed by atoms with Crippen molar-refractivity contribution in [1.82, 2.24) is 24.4 Å². The molecule has 2 aromatic heterocycles. The fourth-order valence-electron chi connectivity index (χ4n) is 6.62. The zero-order chi connectivity index (χ0) is 30.6. The summed E-state index contributed by atoms with van der Waals surface area (Å²) >= 11 is 0. The molecule has 1 unspecified atom stereocenters. The molecule has 3 heterocycles. The standard InChI is InChI=1S/C33H43N5O4/c1-20-16-27-34-18-25-24(10-9-11-26(25)38(27)35-20)21-12-14-22(15-13-21)29(32(2,3)4)36(8)30(40)23-17-28(39)37(19-23)31(41)42-33(5,6)7/h12-16,18,23-24,29H,9-11,17,19H2,1-8H3/t23-,24?,29+/m0/s1. The first-order chi connectivity index (χ1) is 19.6. The molecule has 0 saturated carbocycles. The summed E-state index contributed by atoms with van der Waals surface area (Å²) < 4.78 is 7.39. The third-order valence-corrected chi connectivity index (χ3v) is 8.32. The number of benzene rings is 1. The number of nitrogens with zero attached hydrogens (tertiary/aromatic N) is 5. The molecule has 9 heteroatoms. The summed E-state index contributed by atoms with van der Waals surface area (Å²) in [6, 6.07) is 10.4. The first-order valence-electron chi connectivity index (χ1n) is 14.9. The number of likely N-dealkylation sites (tertiary alicyclic amines) is 1. The highest BCUT2D eigenvalue weighted by atomic mass is 16.6. The summed E-state index contributed by atoms with van der Waals surface area (Å²) in [5.41, 5.74) is 5.58. The van der Waals surface area contributed by atoms with Crippen molar-refractivity contribution in [3.63, 3.8) is 0 Å². The minimum absolute atomic E-state index is 0.00359. The Morgan fingerprint density at radius 1 is 1.10 bits per heavy atom. The van der Waals surface area contributed by atoms with Gasteiger partial charge in [-0.05, 0) is 69.1 Å². The molecule has 0 spiro atoms. The van der Waals surface area contributed by atoms with Crippen LogP contribution in [0.1, 0.15) is 101 Å². The second-order valence-corrected chi connectivity index (χ2v) is 13.9. The maximum atomic E-state index is 13.7. The molecule has 3 atom stereocenters. The van der Waals surface area contributed by atoms with Crippen LogP contribution in [-0.2, 0) is 20.7 Å². The van der Waals surface area contributed by atoms with Gasteiger partial charge in [0.1, 0.15) is 5.60 Å². The van der Waals surface area contributed by atoms with Crippen molar-refractivity contribution in [1.29, 1.82) is 0 Å². The third-order valence-electron chi connectivity index (χ3n) is 8.32. The largest absolute Gasteiger partial charge is 0.443 e. The highest BCUT2D eigenvalue weighted by Gasteiger charge is 2.43. The molecule has 2 aliphatic rings. The average Bonchev–Trinajstić information content (AvgIpc) is 3.48. The molecule has 1 aliphatic carbocycles. The summed E-state index contributed by atoms with van der Waals surface area (Å²) in [6.07, 6.45) is 4.42. The Bertz CT molecular complexity index is 1510. The van der Waals surface area contributed by atoms with Crippen LogP contribution in [0.2, 0.25) is 0 Å². The topological polar surface area (TPSA) is 97.1 Å². The van der Waals surface area contributed by atoms with Crippen LogP contribution in [0.4, 0.5) is 4.79 Å². The number of hydrogen-bond acceptors (Lipinski definition) is 6. The number of rotatable bonds is 4. The number of ether oxygens (including phenoxy) is 1. The minimum atomic E-state index is -0.722. The molecule has 9 nitrogen and oxygen atoms in total. The van der Waals surface area contributed by atoms with Crippen molar-refractivity contribution in [2.24, 2.45) is 11.3 Å². The van der Waals surface area contributed by atoms with Crippen LogP contribution < -0.4 is 0 Å². The number of aryl methyl sites for hydroxylation is 2. The van der Waals surface area contributed by atoms with Gasteiger partial charge < -0.3 is 9.64 Å². The van der Waals surface area contributed by atoms with E-state index in [2.05, 4.69) is 55.1 Å². The molecule has 0 radical (unpaired) electrons. The van der Waals surface area contributed by atoms with Crippen LogP contribution in [0.3, 0.4) is 0 Å². The molecule has 224 valence electrons. The van der Waals surface area contributed by atoms with Crippen molar-refractivity contribution < 1.29 is 19.1 Å². The van der Waals surface area contributed by atoms with Gasteiger partial charge in [-0.25, -0.2) is 19.2 Å². The van der Waals surface area contributed by atoms with E-state index in [0.717, 1.165) is 41.1 Å². The van der Waals surface area contributed by atoms with Gasteiger partial charge >= 0.3 is 6.09 Å². The van der Waals surface area contributed by atoms with Gasteiger partial charge in [0.25, 0.3) is 0 Å². The van der Waals surface area contributed by atoms with Gasteiger partial charge in [0, 0.05) is 43.9 Å². The van der Waals surface area contributed by atoms with E-state index < -0.39 is 17.6 Å². The van der Waals surface area contributed by atoms with Crippen molar-refractivity contribution in [3.8, 4) is 0 Å². The van der Waals surface area contributed by atoms with Crippen LogP contribution in [-0.4, -0.2) is 61.5 Å². The summed E-state index contributed by atoms with van der Waals surface area (Å²) in [4.78, 5) is 46.5. The molecule has 0 bridgehead atoms. The molecule has 1 saturated heterocycles. The van der Waals surface area contributed by atoms with E-state index in [1.165, 1.54) is 16.8 Å². The van der Waals surface area contributed by atoms with E-state index in [1.807, 2.05) is 23.7 Å². The maximum absolute atomic E-state index is 13.7. The molecular weight excluding hydrogens is 530 g/mol. The Morgan fingerprint density at radius 3 is 2.43 bits per heavy atom. The Morgan fingerprint density at radius 2 is 1.79 bits per heavy atom. The SMILES string of the molecule is Cc1cc2ncc3c(n2n1)CCCC3c1ccc([C@@H](N(C)C(=O)[C@H]2CC(=O)N(C(=O)OC(C)(C)C)C2)C(C)(C)C)cc1. The van der Waals surface area contributed by atoms with Crippen LogP contribution in [0.25, 0.3) is 5.65 Å². The molecular formula is C33H43N5O4. The second kappa shape index (κ2) is 10.8. The summed E-state index contributed by atoms with van der Waals surface area (Å²) in [5.74, 6) is -0.894. The van der Waals surface area contributed by atoms with Crippen molar-refractivity contribution in [2.45, 2.75) is 91.7 Å². The van der Waals surface area contributed by atoms with Crippen molar-refractivity contribution >= 4 is 23.6 Å². The second-order valence-electron chi connectivity index (χ2n) is 13.9. The van der Waals surface area contributed by atoms with Crippen LogP contribution in [0.5, 0.6) is 0 Å². The molecule has 1 aliphatic heterocycles. The number of hydrogen-bond donors (Lipinski definition) is 0. The molecule has 42 heavy (non-hydrogen) atoms. The predicted octanol–water partition coefficient (Wildman–Crippen LogP) is 5.84. The lowest BCUT2D eigenvalue weighted by atomic mass is 9.78. The molecule has 1 fully saturated rings. The van der Waals surface area contributed by atoms with Gasteiger partial charge in [-0.15, -0.1) is 0 Å². The smallest absolute Gasteiger partial charge is 0.417 e. The van der Waals surface area contributed by atoms with Gasteiger partial charge in [0.15, 0.2) is 5.65 Å². The predicted molar refractivity (Wildman–Crippen MR) is 160 cm³/mol. The van der Waals surface area contributed by atoms with E-state index in [4.69, 9.17) is 4.74 Å². The molecule has 5 rings (SSSR count). The number of carbonyl (C=O) groups is 3. The monoisotopic (exact) mass is 573 g/mol. The fourth-order valence-corrected chi connectivity index (χ4v) is 6.62. The number of imide groups is 1. The fraction of sp³-hybridized carbons (Fsp3) is 0.545. The average molecular weight is 574 g/mol. The Balaban J connectivity index is 1.36. The van der Waals surface area contributed by atoms with Crippen LogP contribution in [0.15, 0.2) is 36.5 Å². The minimum Gasteiger partial charge on any atom is -0.443 e. The van der Waals surface area contributed by atoms with E-state index >= 15 is 0 Å². The molecule has 3 aromatic rings. The van der Waals surface area contributed by atoms with E-state index in [-0.39, 0.29) is 42.2 Å². The molecule has 1 aromatic carbocycles. The van der Waals surface area contributed by atoms with Gasteiger partial charge in [-0.3, -0.25) is 9.59 Å². The molecule has 3 amide bonds. The molecule has 0 N–H and O–H groups in total. The van der Waals surface area contributed by atoms with E-state index in [1.54, 1.807) is 32.7 Å². The summed E-state index contributed by atoms with van der Waals surface area (Å²) in [7, 11) is 1.80. The Labute approximate surface area is 248 Å². The number of amides is 3. The van der Waals surface area contributed by atoms with Crippen LogP contribution in [0, 0.1) is 18.3 Å². The highest BCUT2D eigenvalue weighted by molar-refractivity contribution is 5.98. The Hall–Kier alpha value is -3.75. The zero-order valence-electron chi connectivity index (χ0n) is 26.1. The van der Waals surface area contributed by atoms with E-state index in [9.17, 15) is 14.4 Å². The summed E-state index contributed by atoms with van der Waals surface area (Å²) in [6.45, 7) is 13.6. The van der Waals surface area contributed by atoms with Crippen LogP contribution >= 0.6 is 0 Å². The zero-order valence-corrected chi connectivity index (χ0v) is 26.1. The highest BCUT2D eigenvalue weighted by Crippen LogP contribution is 2.41. The first kappa shape index (κ1) is 29.7. The normalized spacial score (nSPS) is 20.0. The first-order valence-corrected chi connectivity index (χ1v) is 14.9.